The average molecular weight is 370 g/mol. The summed E-state index contributed by atoms with van der Waals surface area (Å²) in [6.07, 6.45) is 0.222. The van der Waals surface area contributed by atoms with E-state index in [9.17, 15) is 9.90 Å². The summed E-state index contributed by atoms with van der Waals surface area (Å²) in [7, 11) is 0. The Labute approximate surface area is 159 Å². The SMILES string of the molecule is CC(C)Oc1ccc(/C=N\NC(=O)[C@H](O)c2ccccc2)c(OC(C)C)c1. The molecule has 0 fully saturated rings. The zero-order valence-electron chi connectivity index (χ0n) is 16.0. The van der Waals surface area contributed by atoms with Gasteiger partial charge >= 0.3 is 0 Å². The van der Waals surface area contributed by atoms with Gasteiger partial charge in [-0.3, -0.25) is 4.79 Å². The van der Waals surface area contributed by atoms with Crippen LogP contribution in [0, 0.1) is 0 Å². The number of nitrogens with one attached hydrogen (secondary N) is 1. The van der Waals surface area contributed by atoms with Gasteiger partial charge in [0.2, 0.25) is 0 Å². The van der Waals surface area contributed by atoms with Gasteiger partial charge in [0.05, 0.1) is 18.4 Å². The molecule has 0 aromatic heterocycles. The third-order valence-corrected chi connectivity index (χ3v) is 3.46. The normalized spacial score (nSPS) is 12.4. The highest BCUT2D eigenvalue weighted by Crippen LogP contribution is 2.25. The van der Waals surface area contributed by atoms with Gasteiger partial charge in [-0.25, -0.2) is 5.43 Å². The van der Waals surface area contributed by atoms with Crippen LogP contribution in [0.3, 0.4) is 0 Å². The Bertz CT molecular complexity index is 773. The third-order valence-electron chi connectivity index (χ3n) is 3.46. The van der Waals surface area contributed by atoms with Gasteiger partial charge < -0.3 is 14.6 Å². The molecule has 2 rings (SSSR count). The van der Waals surface area contributed by atoms with Gasteiger partial charge in [0, 0.05) is 11.6 Å². The molecular weight excluding hydrogens is 344 g/mol. The lowest BCUT2D eigenvalue weighted by Gasteiger charge is -2.15. The molecule has 0 spiro atoms. The van der Waals surface area contributed by atoms with Crippen LogP contribution < -0.4 is 14.9 Å². The van der Waals surface area contributed by atoms with E-state index in [0.29, 0.717) is 22.6 Å². The number of nitrogens with zero attached hydrogens (tertiary/aromatic N) is 1. The molecule has 6 nitrogen and oxygen atoms in total. The molecule has 144 valence electrons. The third kappa shape index (κ3) is 6.42. The summed E-state index contributed by atoms with van der Waals surface area (Å²) in [5.74, 6) is 0.689. The van der Waals surface area contributed by atoms with E-state index < -0.39 is 12.0 Å². The van der Waals surface area contributed by atoms with E-state index in [2.05, 4.69) is 10.5 Å². The van der Waals surface area contributed by atoms with Crippen LogP contribution in [0.1, 0.15) is 44.9 Å². The van der Waals surface area contributed by atoms with E-state index in [1.807, 2.05) is 39.8 Å². The van der Waals surface area contributed by atoms with Crippen LogP contribution in [0.2, 0.25) is 0 Å². The smallest absolute Gasteiger partial charge is 0.273 e. The highest BCUT2D eigenvalue weighted by Gasteiger charge is 2.16. The lowest BCUT2D eigenvalue weighted by Crippen LogP contribution is -2.25. The molecule has 0 radical (unpaired) electrons. The molecule has 0 aliphatic carbocycles. The van der Waals surface area contributed by atoms with Crippen LogP contribution >= 0.6 is 0 Å². The van der Waals surface area contributed by atoms with Gasteiger partial charge in [-0.2, -0.15) is 5.10 Å². The van der Waals surface area contributed by atoms with Gasteiger partial charge in [-0.1, -0.05) is 30.3 Å². The maximum absolute atomic E-state index is 12.0. The van der Waals surface area contributed by atoms with E-state index in [1.54, 1.807) is 36.4 Å². The number of aliphatic hydroxyl groups is 1. The molecule has 0 aliphatic rings. The summed E-state index contributed by atoms with van der Waals surface area (Å²) in [6, 6.07) is 14.1. The molecule has 1 amide bonds. The number of carbonyl (C=O) groups is 1. The number of rotatable bonds is 8. The molecule has 2 aromatic rings. The van der Waals surface area contributed by atoms with Gasteiger partial charge in [-0.15, -0.1) is 0 Å². The van der Waals surface area contributed by atoms with Crippen molar-refractivity contribution >= 4 is 12.1 Å². The summed E-state index contributed by atoms with van der Waals surface area (Å²) < 4.78 is 11.5. The number of amides is 1. The highest BCUT2D eigenvalue weighted by molar-refractivity contribution is 5.87. The van der Waals surface area contributed by atoms with Crippen LogP contribution in [0.5, 0.6) is 11.5 Å². The first-order chi connectivity index (χ1) is 12.9. The fourth-order valence-corrected chi connectivity index (χ4v) is 2.34. The average Bonchev–Trinajstić information content (AvgIpc) is 2.62. The molecular formula is C21H26N2O4. The second kappa shape index (κ2) is 9.73. The maximum Gasteiger partial charge on any atom is 0.273 e. The van der Waals surface area contributed by atoms with Crippen molar-refractivity contribution in [2.24, 2.45) is 5.10 Å². The van der Waals surface area contributed by atoms with Crippen LogP contribution in [0.15, 0.2) is 53.6 Å². The Balaban J connectivity index is 2.09. The largest absolute Gasteiger partial charge is 0.491 e. The molecule has 2 N–H and O–H groups in total. The maximum atomic E-state index is 12.0. The Morgan fingerprint density at radius 3 is 2.33 bits per heavy atom. The van der Waals surface area contributed by atoms with Crippen molar-refractivity contribution in [3.05, 3.63) is 59.7 Å². The fourth-order valence-electron chi connectivity index (χ4n) is 2.34. The zero-order valence-corrected chi connectivity index (χ0v) is 16.0. The van der Waals surface area contributed by atoms with E-state index in [1.165, 1.54) is 6.21 Å². The van der Waals surface area contributed by atoms with Crippen molar-refractivity contribution in [2.75, 3.05) is 0 Å². The summed E-state index contributed by atoms with van der Waals surface area (Å²) in [5, 5.41) is 14.0. The number of aliphatic hydroxyl groups excluding tert-OH is 1. The van der Waals surface area contributed by atoms with Crippen LogP contribution in [-0.2, 0) is 4.79 Å². The van der Waals surface area contributed by atoms with Crippen LogP contribution in [0.4, 0.5) is 0 Å². The monoisotopic (exact) mass is 370 g/mol. The Kier molecular flexibility index (Phi) is 7.37. The number of hydrazone groups is 1. The van der Waals surface area contributed by atoms with Gasteiger partial charge in [0.25, 0.3) is 5.91 Å². The van der Waals surface area contributed by atoms with Crippen molar-refractivity contribution < 1.29 is 19.4 Å². The molecule has 0 aliphatic heterocycles. The van der Waals surface area contributed by atoms with Crippen molar-refractivity contribution in [1.82, 2.24) is 5.43 Å². The molecule has 0 heterocycles. The second-order valence-corrected chi connectivity index (χ2v) is 6.58. The predicted molar refractivity (Wildman–Crippen MR) is 105 cm³/mol. The van der Waals surface area contributed by atoms with Crippen LogP contribution in [0.25, 0.3) is 0 Å². The Hall–Kier alpha value is -2.86. The lowest BCUT2D eigenvalue weighted by molar-refractivity contribution is -0.129. The predicted octanol–water partition coefficient (Wildman–Crippen LogP) is 3.44. The molecule has 2 aromatic carbocycles. The number of ether oxygens (including phenoxy) is 2. The molecule has 0 saturated heterocycles. The Morgan fingerprint density at radius 2 is 1.70 bits per heavy atom. The molecule has 1 atom stereocenters. The van der Waals surface area contributed by atoms with Crippen LogP contribution in [-0.4, -0.2) is 29.4 Å². The highest BCUT2D eigenvalue weighted by atomic mass is 16.5. The molecule has 6 heteroatoms. The molecule has 0 unspecified atom stereocenters. The molecule has 0 bridgehead atoms. The van der Waals surface area contributed by atoms with Gasteiger partial charge in [-0.05, 0) is 45.4 Å². The standard InChI is InChI=1S/C21H26N2O4/c1-14(2)26-18-11-10-17(19(12-18)27-15(3)4)13-22-23-21(25)20(24)16-8-6-5-7-9-16/h5-15,20,24H,1-4H3,(H,23,25)/b22-13-/t20-/m1/s1. The van der Waals surface area contributed by atoms with Gasteiger partial charge in [0.1, 0.15) is 11.5 Å². The van der Waals surface area contributed by atoms with Crippen molar-refractivity contribution in [1.29, 1.82) is 0 Å². The summed E-state index contributed by atoms with van der Waals surface area (Å²) >= 11 is 0. The summed E-state index contributed by atoms with van der Waals surface area (Å²) in [5.41, 5.74) is 3.54. The van der Waals surface area contributed by atoms with E-state index in [-0.39, 0.29) is 12.2 Å². The van der Waals surface area contributed by atoms with E-state index in [0.717, 1.165) is 0 Å². The first-order valence-corrected chi connectivity index (χ1v) is 8.90. The summed E-state index contributed by atoms with van der Waals surface area (Å²) in [6.45, 7) is 7.75. The number of carbonyl (C=O) groups excluding carboxylic acids is 1. The number of hydrogen-bond acceptors (Lipinski definition) is 5. The van der Waals surface area contributed by atoms with E-state index >= 15 is 0 Å². The summed E-state index contributed by atoms with van der Waals surface area (Å²) in [4.78, 5) is 12.0. The van der Waals surface area contributed by atoms with Crippen molar-refractivity contribution in [2.45, 2.75) is 46.0 Å². The van der Waals surface area contributed by atoms with Crippen molar-refractivity contribution in [3.63, 3.8) is 0 Å². The van der Waals surface area contributed by atoms with Gasteiger partial charge in [0.15, 0.2) is 6.10 Å². The topological polar surface area (TPSA) is 80.2 Å². The number of benzene rings is 2. The molecule has 0 saturated carbocycles. The number of hydrogen-bond donors (Lipinski definition) is 2. The Morgan fingerprint density at radius 1 is 1.04 bits per heavy atom. The quantitative estimate of drug-likeness (QED) is 0.551. The lowest BCUT2D eigenvalue weighted by atomic mass is 10.1. The molecule has 27 heavy (non-hydrogen) atoms. The minimum Gasteiger partial charge on any atom is -0.491 e. The van der Waals surface area contributed by atoms with E-state index in [4.69, 9.17) is 9.47 Å². The fraction of sp³-hybridized carbons (Fsp3) is 0.333. The zero-order chi connectivity index (χ0) is 19.8. The van der Waals surface area contributed by atoms with Crippen molar-refractivity contribution in [3.8, 4) is 11.5 Å². The minimum absolute atomic E-state index is 0.0269. The first kappa shape index (κ1) is 20.5. The minimum atomic E-state index is -1.28. The first-order valence-electron chi connectivity index (χ1n) is 8.90. The second-order valence-electron chi connectivity index (χ2n) is 6.58.